The molecule has 0 fully saturated rings. The normalized spacial score (nSPS) is 13.4. The first-order chi connectivity index (χ1) is 20.4. The maximum absolute atomic E-state index is 13.8. The van der Waals surface area contributed by atoms with Crippen LogP contribution in [-0.2, 0) is 15.1 Å². The van der Waals surface area contributed by atoms with E-state index in [0.29, 0.717) is 33.1 Å². The zero-order valence-corrected chi connectivity index (χ0v) is 33.8. The van der Waals surface area contributed by atoms with Gasteiger partial charge in [-0.1, -0.05) is 60.7 Å². The van der Waals surface area contributed by atoms with Crippen molar-refractivity contribution < 1.29 is 122 Å². The van der Waals surface area contributed by atoms with Crippen molar-refractivity contribution in [3.05, 3.63) is 137 Å². The van der Waals surface area contributed by atoms with Crippen LogP contribution in [0.3, 0.4) is 0 Å². The minimum atomic E-state index is -1.50. The Morgan fingerprint density at radius 3 is 1.75 bits per heavy atom. The van der Waals surface area contributed by atoms with Crippen molar-refractivity contribution in [1.29, 1.82) is 0 Å². The summed E-state index contributed by atoms with van der Waals surface area (Å²) in [7, 11) is 0.0553. The third kappa shape index (κ3) is 5.44. The van der Waals surface area contributed by atoms with E-state index in [-0.39, 0.29) is 111 Å². The van der Waals surface area contributed by atoms with Crippen LogP contribution in [0.2, 0.25) is 0 Å². The number of carbonyl (C=O) groups is 2. The van der Waals surface area contributed by atoms with Crippen LogP contribution in [0.4, 0.5) is 0 Å². The third-order valence-corrected chi connectivity index (χ3v) is 10.0. The third-order valence-electron chi connectivity index (χ3n) is 7.56. The summed E-state index contributed by atoms with van der Waals surface area (Å²) in [5, 5.41) is 23.1. The van der Waals surface area contributed by atoms with Gasteiger partial charge in [0.2, 0.25) is 0 Å². The number of aromatic hydroxyl groups is 2. The molecule has 5 aromatic carbocycles. The van der Waals surface area contributed by atoms with Crippen LogP contribution in [0.15, 0.2) is 109 Å². The molecule has 0 unspecified atom stereocenters. The number of phenols is 2. The summed E-state index contributed by atoms with van der Waals surface area (Å²) in [6.07, 6.45) is 0. The number of ether oxygens (including phenoxy) is 3. The summed E-state index contributed by atoms with van der Waals surface area (Å²) in [5.74, 6) is -0.691. The number of phenolic OH excluding ortho intramolecular Hbond substituents is 2. The minimum absolute atomic E-state index is 0. The van der Waals surface area contributed by atoms with Gasteiger partial charge in [0.15, 0.2) is 5.60 Å². The molecule has 2 radical (unpaired) electrons. The molecular formula is C34H23Ac2O7P. The Balaban J connectivity index is 0.00000192. The zero-order valence-electron chi connectivity index (χ0n) is 23.4. The number of methoxy groups -OCH3 is 1. The summed E-state index contributed by atoms with van der Waals surface area (Å²) in [6.45, 7) is 0. The average Bonchev–Trinajstić information content (AvgIpc) is 3.28. The van der Waals surface area contributed by atoms with Gasteiger partial charge in [-0.2, -0.15) is 0 Å². The second-order valence-corrected chi connectivity index (χ2v) is 12.1. The Kier molecular flexibility index (Phi) is 9.97. The summed E-state index contributed by atoms with van der Waals surface area (Å²) in [6, 6.07) is 32.2. The molecule has 0 saturated carbocycles. The Morgan fingerprint density at radius 2 is 1.25 bits per heavy atom. The van der Waals surface area contributed by atoms with Crippen LogP contribution < -0.4 is 20.7 Å². The Bertz CT molecular complexity index is 1810. The van der Waals surface area contributed by atoms with Crippen LogP contribution in [0, 0.1) is 88.1 Å². The van der Waals surface area contributed by atoms with Gasteiger partial charge in [-0.05, 0) is 54.9 Å². The molecule has 0 saturated heterocycles. The maximum Gasteiger partial charge on any atom is 0.340 e. The second-order valence-electron chi connectivity index (χ2n) is 9.95. The Labute approximate surface area is 326 Å². The number of rotatable bonds is 4. The molecule has 44 heavy (non-hydrogen) atoms. The predicted octanol–water partition coefficient (Wildman–Crippen LogP) is 5.21. The standard InChI is InChI=1S/C34H23O7P.2Ac/c1-39-32(37)25-18-28-24(19-31(25)42(22-8-4-2-5-9-22)23-10-6-3-7-11-23)33(38)41-34(28)26-14-12-20(35)16-29(26)40-30-17-21(36)13-15-27(30)34;;/h2-19,35-36H,1H3;;. The molecule has 0 aromatic heterocycles. The van der Waals surface area contributed by atoms with E-state index in [0.717, 1.165) is 10.6 Å². The van der Waals surface area contributed by atoms with Gasteiger partial charge >= 0.3 is 11.9 Å². The fourth-order valence-corrected chi connectivity index (χ4v) is 8.22. The van der Waals surface area contributed by atoms with Crippen LogP contribution in [0.5, 0.6) is 23.0 Å². The van der Waals surface area contributed by atoms with E-state index < -0.39 is 25.5 Å². The molecular weight excluding hydrogens is 1010 g/mol. The molecule has 1 spiro atoms. The first-order valence-electron chi connectivity index (χ1n) is 13.2. The van der Waals surface area contributed by atoms with Crippen molar-refractivity contribution in [3.8, 4) is 23.0 Å². The SMILES string of the molecule is COC(=O)c1cc2c(cc1P(c1ccccc1)c1ccccc1)C(=O)OC21c2ccc(O)cc2Oc2cc(O)ccc21.[Ac].[Ac]. The van der Waals surface area contributed by atoms with Crippen molar-refractivity contribution in [2.24, 2.45) is 0 Å². The molecule has 212 valence electrons. The Morgan fingerprint density at radius 1 is 0.727 bits per heavy atom. The summed E-state index contributed by atoms with van der Waals surface area (Å²) in [4.78, 5) is 27.3. The van der Waals surface area contributed by atoms with Gasteiger partial charge in [0, 0.05) is 122 Å². The van der Waals surface area contributed by atoms with Crippen molar-refractivity contribution >= 4 is 35.8 Å². The van der Waals surface area contributed by atoms with Gasteiger partial charge in [0.1, 0.15) is 23.0 Å². The summed E-state index contributed by atoms with van der Waals surface area (Å²) in [5.41, 5.74) is 0.497. The van der Waals surface area contributed by atoms with E-state index in [9.17, 15) is 19.8 Å². The molecule has 5 aromatic rings. The van der Waals surface area contributed by atoms with Gasteiger partial charge in [0.25, 0.3) is 0 Å². The van der Waals surface area contributed by atoms with E-state index in [1.807, 2.05) is 60.7 Å². The van der Waals surface area contributed by atoms with Crippen LogP contribution >= 0.6 is 7.92 Å². The van der Waals surface area contributed by atoms with E-state index in [1.54, 1.807) is 24.3 Å². The van der Waals surface area contributed by atoms with Crippen LogP contribution in [0.25, 0.3) is 0 Å². The van der Waals surface area contributed by atoms with Gasteiger partial charge in [-0.3, -0.25) is 0 Å². The first-order valence-corrected chi connectivity index (χ1v) is 14.5. The predicted molar refractivity (Wildman–Crippen MR) is 158 cm³/mol. The molecule has 0 atom stereocenters. The topological polar surface area (TPSA) is 102 Å². The zero-order chi connectivity index (χ0) is 29.0. The molecule has 10 heteroatoms. The van der Waals surface area contributed by atoms with Crippen LogP contribution in [0.1, 0.15) is 37.4 Å². The molecule has 2 N–H and O–H groups in total. The molecule has 7 rings (SSSR count). The van der Waals surface area contributed by atoms with E-state index in [2.05, 4.69) is 0 Å². The number of esters is 2. The molecule has 2 aliphatic rings. The number of carbonyl (C=O) groups excluding carboxylic acids is 2. The minimum Gasteiger partial charge on any atom is -0.508 e. The first kappa shape index (κ1) is 33.1. The fourth-order valence-electron chi connectivity index (χ4n) is 5.77. The van der Waals surface area contributed by atoms with Crippen molar-refractivity contribution in [1.82, 2.24) is 0 Å². The van der Waals surface area contributed by atoms with Crippen LogP contribution in [-0.4, -0.2) is 29.3 Å². The molecule has 2 aliphatic heterocycles. The van der Waals surface area contributed by atoms with E-state index in [1.165, 1.54) is 31.4 Å². The second kappa shape index (κ2) is 13.2. The van der Waals surface area contributed by atoms with Gasteiger partial charge in [-0.15, -0.1) is 0 Å². The number of hydrogen-bond donors (Lipinski definition) is 2. The monoisotopic (exact) mass is 1030 g/mol. The molecule has 7 nitrogen and oxygen atoms in total. The van der Waals surface area contributed by atoms with Gasteiger partial charge in [0.05, 0.1) is 18.2 Å². The summed E-state index contributed by atoms with van der Waals surface area (Å²) < 4.78 is 17.6. The van der Waals surface area contributed by atoms with E-state index in [4.69, 9.17) is 14.2 Å². The molecule has 0 aliphatic carbocycles. The molecule has 0 bridgehead atoms. The number of benzene rings is 5. The fraction of sp³-hybridized carbons (Fsp3) is 0.0588. The molecule has 2 heterocycles. The van der Waals surface area contributed by atoms with Crippen molar-refractivity contribution in [3.63, 3.8) is 0 Å². The van der Waals surface area contributed by atoms with Gasteiger partial charge in [-0.25, -0.2) is 9.59 Å². The van der Waals surface area contributed by atoms with Gasteiger partial charge < -0.3 is 24.4 Å². The largest absolute Gasteiger partial charge is 0.508 e. The number of hydrogen-bond acceptors (Lipinski definition) is 7. The maximum atomic E-state index is 13.8. The van der Waals surface area contributed by atoms with Crippen molar-refractivity contribution in [2.45, 2.75) is 5.60 Å². The average molecular weight is 1030 g/mol. The summed E-state index contributed by atoms with van der Waals surface area (Å²) >= 11 is 0. The molecule has 0 amide bonds. The smallest absolute Gasteiger partial charge is 0.340 e. The Hall–Kier alpha value is -2.25. The van der Waals surface area contributed by atoms with E-state index >= 15 is 0 Å². The quantitative estimate of drug-likeness (QED) is 0.189. The van der Waals surface area contributed by atoms with Crippen molar-refractivity contribution in [2.75, 3.05) is 7.11 Å². The number of fused-ring (bicyclic) bond motifs is 6.